The molecule has 2 N–H and O–H groups in total. The topological polar surface area (TPSA) is 45.4 Å². The van der Waals surface area contributed by atoms with Crippen LogP contribution in [0.15, 0.2) is 18.3 Å². The predicted octanol–water partition coefficient (Wildman–Crippen LogP) is 1.21. The van der Waals surface area contributed by atoms with Crippen LogP contribution >= 0.6 is 0 Å². The number of nitrogens with two attached hydrogens (primary N) is 1. The Balaban J connectivity index is 1.64. The Morgan fingerprint density at radius 3 is 3.00 bits per heavy atom. The van der Waals surface area contributed by atoms with Gasteiger partial charge in [-0.05, 0) is 37.9 Å². The van der Waals surface area contributed by atoms with Gasteiger partial charge in [0.1, 0.15) is 0 Å². The van der Waals surface area contributed by atoms with Crippen molar-refractivity contribution in [2.75, 3.05) is 19.6 Å². The predicted molar refractivity (Wildman–Crippen MR) is 76.6 cm³/mol. The van der Waals surface area contributed by atoms with Crippen molar-refractivity contribution in [2.24, 2.45) is 5.73 Å². The van der Waals surface area contributed by atoms with Crippen LogP contribution in [0.2, 0.25) is 0 Å². The van der Waals surface area contributed by atoms with E-state index in [0.29, 0.717) is 12.6 Å². The molecule has 0 aliphatic carbocycles. The summed E-state index contributed by atoms with van der Waals surface area (Å²) < 4.78 is 0. The monoisotopic (exact) mass is 260 g/mol. The Morgan fingerprint density at radius 1 is 1.37 bits per heavy atom. The molecular weight excluding hydrogens is 236 g/mol. The Bertz CT molecular complexity index is 417. The summed E-state index contributed by atoms with van der Waals surface area (Å²) in [6, 6.07) is 5.62. The summed E-state index contributed by atoms with van der Waals surface area (Å²) in [6.07, 6.45) is 4.64. The highest BCUT2D eigenvalue weighted by atomic mass is 15.3. The molecular formula is C15H24N4. The molecule has 0 spiro atoms. The number of fused-ring (bicyclic) bond motifs is 1. The fourth-order valence-corrected chi connectivity index (χ4v) is 3.35. The first-order valence-electron chi connectivity index (χ1n) is 7.38. The lowest BCUT2D eigenvalue weighted by molar-refractivity contribution is 0.0532. The second-order valence-electron chi connectivity index (χ2n) is 5.93. The van der Waals surface area contributed by atoms with Gasteiger partial charge < -0.3 is 5.73 Å². The van der Waals surface area contributed by atoms with Crippen molar-refractivity contribution in [3.05, 3.63) is 29.6 Å². The molecule has 3 rings (SSSR count). The molecule has 3 heterocycles. The van der Waals surface area contributed by atoms with Crippen molar-refractivity contribution in [1.82, 2.24) is 14.8 Å². The third-order valence-corrected chi connectivity index (χ3v) is 4.55. The van der Waals surface area contributed by atoms with Crippen LogP contribution in [0.5, 0.6) is 0 Å². The van der Waals surface area contributed by atoms with Crippen molar-refractivity contribution < 1.29 is 0 Å². The number of pyridine rings is 1. The Labute approximate surface area is 115 Å². The maximum absolute atomic E-state index is 5.61. The standard InChI is InChI=1S/C15H24N4/c1-12-9-18-6-2-3-15(18)11-19(12)10-14-5-4-13(7-16)8-17-14/h4-5,8,12,15H,2-3,6-7,9-11,16H2,1H3. The molecule has 2 aliphatic rings. The highest BCUT2D eigenvalue weighted by Gasteiger charge is 2.34. The van der Waals surface area contributed by atoms with E-state index in [9.17, 15) is 0 Å². The summed E-state index contributed by atoms with van der Waals surface area (Å²) in [5.74, 6) is 0. The van der Waals surface area contributed by atoms with E-state index in [1.54, 1.807) is 0 Å². The molecule has 0 aromatic carbocycles. The van der Waals surface area contributed by atoms with Gasteiger partial charge in [-0.25, -0.2) is 0 Å². The first-order chi connectivity index (χ1) is 9.26. The average molecular weight is 260 g/mol. The van der Waals surface area contributed by atoms with E-state index in [0.717, 1.165) is 23.8 Å². The van der Waals surface area contributed by atoms with Crippen LogP contribution in [0.4, 0.5) is 0 Å². The summed E-state index contributed by atoms with van der Waals surface area (Å²) in [6.45, 7) is 7.59. The minimum Gasteiger partial charge on any atom is -0.326 e. The summed E-state index contributed by atoms with van der Waals surface area (Å²) in [5.41, 5.74) is 7.88. The number of hydrogen-bond donors (Lipinski definition) is 1. The van der Waals surface area contributed by atoms with E-state index in [1.165, 1.54) is 32.5 Å². The van der Waals surface area contributed by atoms with Crippen molar-refractivity contribution in [1.29, 1.82) is 0 Å². The molecule has 4 nitrogen and oxygen atoms in total. The maximum Gasteiger partial charge on any atom is 0.0544 e. The molecule has 1 aromatic heterocycles. The molecule has 1 aromatic rings. The fraction of sp³-hybridized carbons (Fsp3) is 0.667. The first-order valence-corrected chi connectivity index (χ1v) is 7.38. The minimum absolute atomic E-state index is 0.574. The van der Waals surface area contributed by atoms with Gasteiger partial charge in [0.15, 0.2) is 0 Å². The minimum atomic E-state index is 0.574. The molecule has 2 saturated heterocycles. The zero-order valence-electron chi connectivity index (χ0n) is 11.8. The maximum atomic E-state index is 5.61. The van der Waals surface area contributed by atoms with E-state index >= 15 is 0 Å². The van der Waals surface area contributed by atoms with Crippen LogP contribution in [0.25, 0.3) is 0 Å². The molecule has 0 amide bonds. The third-order valence-electron chi connectivity index (χ3n) is 4.55. The van der Waals surface area contributed by atoms with Crippen LogP contribution in [0.1, 0.15) is 31.0 Å². The van der Waals surface area contributed by atoms with Gasteiger partial charge in [-0.2, -0.15) is 0 Å². The number of piperazine rings is 1. The lowest BCUT2D eigenvalue weighted by Crippen LogP contribution is -2.54. The first kappa shape index (κ1) is 13.0. The van der Waals surface area contributed by atoms with E-state index in [1.807, 2.05) is 6.20 Å². The largest absolute Gasteiger partial charge is 0.326 e. The average Bonchev–Trinajstić information content (AvgIpc) is 2.87. The third kappa shape index (κ3) is 2.81. The van der Waals surface area contributed by atoms with Crippen LogP contribution in [-0.2, 0) is 13.1 Å². The summed E-state index contributed by atoms with van der Waals surface area (Å²) in [7, 11) is 0. The molecule has 0 saturated carbocycles. The van der Waals surface area contributed by atoms with Crippen LogP contribution in [0, 0.1) is 0 Å². The van der Waals surface area contributed by atoms with Gasteiger partial charge >= 0.3 is 0 Å². The quantitative estimate of drug-likeness (QED) is 0.887. The van der Waals surface area contributed by atoms with E-state index in [4.69, 9.17) is 5.73 Å². The molecule has 2 atom stereocenters. The fourth-order valence-electron chi connectivity index (χ4n) is 3.35. The smallest absolute Gasteiger partial charge is 0.0544 e. The van der Waals surface area contributed by atoms with E-state index in [2.05, 4.69) is 33.8 Å². The normalized spacial score (nSPS) is 28.5. The second kappa shape index (κ2) is 5.57. The van der Waals surface area contributed by atoms with Gasteiger partial charge in [-0.15, -0.1) is 0 Å². The second-order valence-corrected chi connectivity index (χ2v) is 5.93. The molecule has 104 valence electrons. The van der Waals surface area contributed by atoms with Crippen molar-refractivity contribution >= 4 is 0 Å². The molecule has 19 heavy (non-hydrogen) atoms. The van der Waals surface area contributed by atoms with Gasteiger partial charge in [0.05, 0.1) is 5.69 Å². The van der Waals surface area contributed by atoms with Crippen LogP contribution in [-0.4, -0.2) is 46.5 Å². The van der Waals surface area contributed by atoms with Crippen LogP contribution in [0.3, 0.4) is 0 Å². The summed E-state index contributed by atoms with van der Waals surface area (Å²) >= 11 is 0. The zero-order valence-corrected chi connectivity index (χ0v) is 11.8. The van der Waals surface area contributed by atoms with Crippen molar-refractivity contribution in [3.63, 3.8) is 0 Å². The van der Waals surface area contributed by atoms with Crippen molar-refractivity contribution in [2.45, 2.75) is 44.9 Å². The lowest BCUT2D eigenvalue weighted by atomic mass is 10.1. The SMILES string of the molecule is CC1CN2CCCC2CN1Cc1ccc(CN)cn1. The molecule has 2 aliphatic heterocycles. The molecule has 0 radical (unpaired) electrons. The van der Waals surface area contributed by atoms with Gasteiger partial charge in [-0.1, -0.05) is 6.07 Å². The van der Waals surface area contributed by atoms with Crippen molar-refractivity contribution in [3.8, 4) is 0 Å². The highest BCUT2D eigenvalue weighted by Crippen LogP contribution is 2.25. The van der Waals surface area contributed by atoms with E-state index < -0.39 is 0 Å². The zero-order chi connectivity index (χ0) is 13.2. The number of nitrogens with zero attached hydrogens (tertiary/aromatic N) is 3. The molecule has 2 unspecified atom stereocenters. The Kier molecular flexibility index (Phi) is 3.82. The lowest BCUT2D eigenvalue weighted by Gasteiger charge is -2.42. The summed E-state index contributed by atoms with van der Waals surface area (Å²) in [4.78, 5) is 9.77. The number of aromatic nitrogens is 1. The van der Waals surface area contributed by atoms with Gasteiger partial charge in [-0.3, -0.25) is 14.8 Å². The molecule has 2 fully saturated rings. The highest BCUT2D eigenvalue weighted by molar-refractivity contribution is 5.14. The number of hydrogen-bond acceptors (Lipinski definition) is 4. The van der Waals surface area contributed by atoms with E-state index in [-0.39, 0.29) is 0 Å². The van der Waals surface area contributed by atoms with Gasteiger partial charge in [0.2, 0.25) is 0 Å². The Morgan fingerprint density at radius 2 is 2.26 bits per heavy atom. The Hall–Kier alpha value is -0.970. The molecule has 4 heteroatoms. The number of rotatable bonds is 3. The van der Waals surface area contributed by atoms with Gasteiger partial charge in [0, 0.05) is 44.5 Å². The van der Waals surface area contributed by atoms with Crippen LogP contribution < -0.4 is 5.73 Å². The van der Waals surface area contributed by atoms with Gasteiger partial charge in [0.25, 0.3) is 0 Å². The molecule has 0 bridgehead atoms. The summed E-state index contributed by atoms with van der Waals surface area (Å²) in [5, 5.41) is 0.